The third kappa shape index (κ3) is 8.01. The van der Waals surface area contributed by atoms with E-state index in [9.17, 15) is 9.00 Å². The lowest BCUT2D eigenvalue weighted by Gasteiger charge is -2.21. The van der Waals surface area contributed by atoms with E-state index < -0.39 is 10.8 Å². The molecule has 5 nitrogen and oxygen atoms in total. The molecule has 1 aliphatic rings. The molecule has 1 saturated heterocycles. The SMILES string of the molecule is O=C(CCCOCCc1ccccc1)Nc1cccc(CS(=O)C2CCOCC2)c1. The Bertz CT molecular complexity index is 806. The number of carbonyl (C=O) groups excluding carboxylic acids is 1. The molecule has 1 heterocycles. The van der Waals surface area contributed by atoms with E-state index in [0.717, 1.165) is 30.5 Å². The fourth-order valence-corrected chi connectivity index (χ4v) is 4.92. The molecule has 1 aliphatic heterocycles. The Morgan fingerprint density at radius 3 is 2.60 bits per heavy atom. The zero-order valence-electron chi connectivity index (χ0n) is 17.4. The number of hydrogen-bond acceptors (Lipinski definition) is 4. The van der Waals surface area contributed by atoms with Crippen LogP contribution in [0.25, 0.3) is 0 Å². The molecule has 162 valence electrons. The quantitative estimate of drug-likeness (QED) is 0.547. The first-order valence-corrected chi connectivity index (χ1v) is 12.0. The van der Waals surface area contributed by atoms with Gasteiger partial charge in [0.05, 0.1) is 6.61 Å². The Hall–Kier alpha value is -2.02. The predicted octanol–water partition coefficient (Wildman–Crippen LogP) is 4.09. The van der Waals surface area contributed by atoms with Gasteiger partial charge in [-0.05, 0) is 48.9 Å². The van der Waals surface area contributed by atoms with Crippen molar-refractivity contribution in [2.24, 2.45) is 0 Å². The van der Waals surface area contributed by atoms with Crippen LogP contribution in [0.3, 0.4) is 0 Å². The average molecular weight is 430 g/mol. The fourth-order valence-electron chi connectivity index (χ4n) is 3.45. The van der Waals surface area contributed by atoms with Gasteiger partial charge in [0, 0.05) is 53.7 Å². The lowest BCUT2D eigenvalue weighted by atomic mass is 10.2. The molecule has 0 bridgehead atoms. The van der Waals surface area contributed by atoms with Gasteiger partial charge in [-0.3, -0.25) is 9.00 Å². The van der Waals surface area contributed by atoms with Crippen molar-refractivity contribution in [3.63, 3.8) is 0 Å². The van der Waals surface area contributed by atoms with Crippen LogP contribution in [0.4, 0.5) is 5.69 Å². The Balaban J connectivity index is 1.33. The molecular formula is C24H31NO4S. The summed E-state index contributed by atoms with van der Waals surface area (Å²) in [6, 6.07) is 17.9. The largest absolute Gasteiger partial charge is 0.381 e. The first kappa shape index (κ1) is 22.7. The van der Waals surface area contributed by atoms with Crippen LogP contribution in [-0.2, 0) is 37.2 Å². The molecule has 6 heteroatoms. The van der Waals surface area contributed by atoms with Crippen molar-refractivity contribution in [1.82, 2.24) is 0 Å². The van der Waals surface area contributed by atoms with E-state index in [1.807, 2.05) is 42.5 Å². The van der Waals surface area contributed by atoms with Crippen LogP contribution in [0.5, 0.6) is 0 Å². The Kier molecular flexibility index (Phi) is 9.54. The minimum absolute atomic E-state index is 0.0237. The molecule has 1 unspecified atom stereocenters. The average Bonchev–Trinajstić information content (AvgIpc) is 2.77. The van der Waals surface area contributed by atoms with Crippen LogP contribution in [-0.4, -0.2) is 41.8 Å². The van der Waals surface area contributed by atoms with E-state index in [1.165, 1.54) is 5.56 Å². The molecular weight excluding hydrogens is 398 g/mol. The summed E-state index contributed by atoms with van der Waals surface area (Å²) in [5.74, 6) is 0.494. The van der Waals surface area contributed by atoms with Gasteiger partial charge in [0.1, 0.15) is 0 Å². The number of anilines is 1. The first-order chi connectivity index (χ1) is 14.7. The molecule has 1 fully saturated rings. The molecule has 0 aromatic heterocycles. The number of ether oxygens (including phenoxy) is 2. The van der Waals surface area contributed by atoms with Gasteiger partial charge in [0.15, 0.2) is 0 Å². The highest BCUT2D eigenvalue weighted by molar-refractivity contribution is 7.84. The van der Waals surface area contributed by atoms with Crippen molar-refractivity contribution in [3.05, 3.63) is 65.7 Å². The summed E-state index contributed by atoms with van der Waals surface area (Å²) in [5, 5.41) is 3.15. The monoisotopic (exact) mass is 429 g/mol. The van der Waals surface area contributed by atoms with Gasteiger partial charge in [-0.2, -0.15) is 0 Å². The molecule has 1 atom stereocenters. The van der Waals surface area contributed by atoms with E-state index in [0.29, 0.717) is 45.0 Å². The molecule has 0 aliphatic carbocycles. The summed E-state index contributed by atoms with van der Waals surface area (Å²) in [7, 11) is -0.910. The van der Waals surface area contributed by atoms with Crippen LogP contribution in [0, 0.1) is 0 Å². The number of carbonyl (C=O) groups is 1. The minimum Gasteiger partial charge on any atom is -0.381 e. The molecule has 2 aromatic rings. The number of amides is 1. The fraction of sp³-hybridized carbons (Fsp3) is 0.458. The van der Waals surface area contributed by atoms with E-state index in [1.54, 1.807) is 0 Å². The zero-order valence-corrected chi connectivity index (χ0v) is 18.2. The molecule has 1 amide bonds. The lowest BCUT2D eigenvalue weighted by Crippen LogP contribution is -2.25. The van der Waals surface area contributed by atoms with Gasteiger partial charge in [0.2, 0.25) is 5.91 Å². The first-order valence-electron chi connectivity index (χ1n) is 10.7. The van der Waals surface area contributed by atoms with Crippen LogP contribution in [0.1, 0.15) is 36.8 Å². The summed E-state index contributed by atoms with van der Waals surface area (Å²) in [5.41, 5.74) is 3.00. The van der Waals surface area contributed by atoms with Crippen LogP contribution < -0.4 is 5.32 Å². The Morgan fingerprint density at radius 2 is 1.80 bits per heavy atom. The number of nitrogens with one attached hydrogen (secondary N) is 1. The van der Waals surface area contributed by atoms with E-state index in [4.69, 9.17) is 9.47 Å². The van der Waals surface area contributed by atoms with Crippen LogP contribution in [0.15, 0.2) is 54.6 Å². The van der Waals surface area contributed by atoms with Crippen molar-refractivity contribution in [1.29, 1.82) is 0 Å². The highest BCUT2D eigenvalue weighted by Gasteiger charge is 2.20. The number of benzene rings is 2. The van der Waals surface area contributed by atoms with E-state index in [2.05, 4.69) is 17.4 Å². The summed E-state index contributed by atoms with van der Waals surface area (Å²) in [6.45, 7) is 2.63. The second kappa shape index (κ2) is 12.6. The highest BCUT2D eigenvalue weighted by atomic mass is 32.2. The summed E-state index contributed by atoms with van der Waals surface area (Å²) >= 11 is 0. The highest BCUT2D eigenvalue weighted by Crippen LogP contribution is 2.19. The van der Waals surface area contributed by atoms with Crippen molar-refractivity contribution < 1.29 is 18.5 Å². The topological polar surface area (TPSA) is 64.6 Å². The number of hydrogen-bond donors (Lipinski definition) is 1. The van der Waals surface area contributed by atoms with Gasteiger partial charge in [0.25, 0.3) is 0 Å². The molecule has 2 aromatic carbocycles. The molecule has 1 N–H and O–H groups in total. The van der Waals surface area contributed by atoms with Gasteiger partial charge in [-0.1, -0.05) is 42.5 Å². The molecule has 0 radical (unpaired) electrons. The second-order valence-electron chi connectivity index (χ2n) is 7.54. The molecule has 3 rings (SSSR count). The summed E-state index contributed by atoms with van der Waals surface area (Å²) in [6.07, 6.45) is 3.71. The van der Waals surface area contributed by atoms with Crippen molar-refractivity contribution in [2.75, 3.05) is 31.7 Å². The molecule has 30 heavy (non-hydrogen) atoms. The van der Waals surface area contributed by atoms with Gasteiger partial charge in [-0.15, -0.1) is 0 Å². The third-order valence-corrected chi connectivity index (χ3v) is 6.96. The number of rotatable bonds is 11. The maximum atomic E-state index is 12.6. The van der Waals surface area contributed by atoms with E-state index in [-0.39, 0.29) is 11.2 Å². The molecule has 0 spiro atoms. The summed E-state index contributed by atoms with van der Waals surface area (Å²) in [4.78, 5) is 12.2. The normalized spacial score (nSPS) is 15.6. The predicted molar refractivity (Wildman–Crippen MR) is 121 cm³/mol. The van der Waals surface area contributed by atoms with Crippen molar-refractivity contribution >= 4 is 22.4 Å². The molecule has 0 saturated carbocycles. The lowest BCUT2D eigenvalue weighted by molar-refractivity contribution is -0.116. The standard InChI is InChI=1S/C24H31NO4S/c26-24(10-5-14-28-15-11-20-6-2-1-3-7-20)25-22-9-4-8-21(18-22)19-30(27)23-12-16-29-17-13-23/h1-4,6-9,18,23H,5,10-17,19H2,(H,25,26). The van der Waals surface area contributed by atoms with Crippen molar-refractivity contribution in [3.8, 4) is 0 Å². The Labute approximate surface area is 181 Å². The second-order valence-corrected chi connectivity index (χ2v) is 9.25. The van der Waals surface area contributed by atoms with Crippen molar-refractivity contribution in [2.45, 2.75) is 43.1 Å². The van der Waals surface area contributed by atoms with Crippen LogP contribution >= 0.6 is 0 Å². The van der Waals surface area contributed by atoms with Gasteiger partial charge >= 0.3 is 0 Å². The minimum atomic E-state index is -0.910. The maximum Gasteiger partial charge on any atom is 0.224 e. The van der Waals surface area contributed by atoms with Gasteiger partial charge < -0.3 is 14.8 Å². The third-order valence-electron chi connectivity index (χ3n) is 5.13. The summed E-state index contributed by atoms with van der Waals surface area (Å²) < 4.78 is 23.6. The van der Waals surface area contributed by atoms with Gasteiger partial charge in [-0.25, -0.2) is 0 Å². The van der Waals surface area contributed by atoms with E-state index >= 15 is 0 Å². The smallest absolute Gasteiger partial charge is 0.224 e. The maximum absolute atomic E-state index is 12.6. The Morgan fingerprint density at radius 1 is 1.03 bits per heavy atom. The van der Waals surface area contributed by atoms with Crippen LogP contribution in [0.2, 0.25) is 0 Å². The zero-order chi connectivity index (χ0) is 21.0.